The number of carbonyl (C=O) groups is 5. The lowest BCUT2D eigenvalue weighted by Gasteiger charge is -2.24. The molecule has 47 heavy (non-hydrogen) atoms. The number of hydrogen-bond acceptors (Lipinski definition) is 9. The average molecular weight is 640 g/mol. The van der Waals surface area contributed by atoms with Crippen molar-refractivity contribution in [3.8, 4) is 0 Å². The molecule has 2 fully saturated rings. The van der Waals surface area contributed by atoms with Gasteiger partial charge in [0, 0.05) is 62.9 Å². The van der Waals surface area contributed by atoms with Gasteiger partial charge in [0.15, 0.2) is 0 Å². The minimum atomic E-state index is -1.16. The Labute approximate surface area is 273 Å². The summed E-state index contributed by atoms with van der Waals surface area (Å²) < 4.78 is 0. The summed E-state index contributed by atoms with van der Waals surface area (Å²) in [5, 5.41) is 3.29. The third-order valence-corrected chi connectivity index (χ3v) is 9.65. The predicted octanol–water partition coefficient (Wildman–Crippen LogP) is 3.12. The molecule has 12 nitrogen and oxygen atoms in total. The highest BCUT2D eigenvalue weighted by molar-refractivity contribution is 6.23. The normalized spacial score (nSPS) is 20.2. The number of hydrogen-bond donors (Lipinski definition) is 2. The molecule has 3 atom stereocenters. The van der Waals surface area contributed by atoms with Crippen LogP contribution in [0.4, 0.5) is 5.69 Å². The number of nitrogens with zero attached hydrogens (tertiary/aromatic N) is 5. The van der Waals surface area contributed by atoms with Crippen molar-refractivity contribution in [1.29, 1.82) is 0 Å². The maximum Gasteiger partial charge on any atom is 0.262 e. The first-order valence-electron chi connectivity index (χ1n) is 16.6. The number of rotatable bonds is 14. The zero-order valence-corrected chi connectivity index (χ0v) is 26.5. The number of aromatic nitrogens is 2. The number of aldehydes is 1. The summed E-state index contributed by atoms with van der Waals surface area (Å²) in [4.78, 5) is 76.4. The van der Waals surface area contributed by atoms with Crippen LogP contribution in [-0.2, 0) is 14.4 Å². The topological polar surface area (TPSA) is 159 Å². The van der Waals surface area contributed by atoms with E-state index in [4.69, 9.17) is 10.7 Å². The standard InChI is InChI=1S/C35H41N7O5/c36-33(45)31(9-6-18-43)42-34(46)26-12-11-24(19-27(26)35(42)47)37-15-5-1-2-10-32(44)41-17-14-25(22-41)40-16-13-23(21-40)30-20-38-28-7-3-4-8-29(28)39-30/h3-4,7-8,11-12,18-20,23,25,31,37H,1-2,5-6,9-10,13-17,21-22H2,(H2,36,45). The molecule has 0 saturated carbocycles. The van der Waals surface area contributed by atoms with Crippen LogP contribution in [0, 0.1) is 0 Å². The molecule has 0 bridgehead atoms. The van der Waals surface area contributed by atoms with Gasteiger partial charge in [0.2, 0.25) is 11.8 Å². The predicted molar refractivity (Wildman–Crippen MR) is 176 cm³/mol. The van der Waals surface area contributed by atoms with Gasteiger partial charge >= 0.3 is 0 Å². The molecule has 4 heterocycles. The van der Waals surface area contributed by atoms with E-state index < -0.39 is 23.8 Å². The molecule has 0 aliphatic carbocycles. The molecule has 0 radical (unpaired) electrons. The second-order valence-electron chi connectivity index (χ2n) is 12.7. The Morgan fingerprint density at radius 2 is 1.79 bits per heavy atom. The summed E-state index contributed by atoms with van der Waals surface area (Å²) in [6, 6.07) is 12.1. The van der Waals surface area contributed by atoms with Gasteiger partial charge in [-0.25, -0.2) is 4.98 Å². The molecule has 4 amide bonds. The molecule has 6 rings (SSSR count). The van der Waals surface area contributed by atoms with Gasteiger partial charge in [0.25, 0.3) is 11.8 Å². The molecule has 0 spiro atoms. The smallest absolute Gasteiger partial charge is 0.262 e. The Morgan fingerprint density at radius 1 is 0.979 bits per heavy atom. The zero-order valence-electron chi connectivity index (χ0n) is 26.5. The summed E-state index contributed by atoms with van der Waals surface area (Å²) in [6.45, 7) is 4.20. The number of nitrogens with one attached hydrogen (secondary N) is 1. The van der Waals surface area contributed by atoms with Gasteiger partial charge < -0.3 is 20.7 Å². The Kier molecular flexibility index (Phi) is 9.86. The van der Waals surface area contributed by atoms with Gasteiger partial charge in [-0.1, -0.05) is 18.6 Å². The van der Waals surface area contributed by atoms with Crippen molar-refractivity contribution >= 4 is 46.6 Å². The molecule has 2 aromatic carbocycles. The van der Waals surface area contributed by atoms with Crippen LogP contribution in [0.15, 0.2) is 48.7 Å². The SMILES string of the molecule is NC(=O)C(CCC=O)N1C(=O)c2ccc(NCCCCCC(=O)N3CCC(N4CCC(c5cnc6ccccc6n5)C4)C3)cc2C1=O. The molecule has 3 aliphatic heterocycles. The third kappa shape index (κ3) is 7.02. The molecule has 3 aromatic rings. The summed E-state index contributed by atoms with van der Waals surface area (Å²) >= 11 is 0. The van der Waals surface area contributed by atoms with Gasteiger partial charge in [-0.3, -0.25) is 34.0 Å². The monoisotopic (exact) mass is 639 g/mol. The summed E-state index contributed by atoms with van der Waals surface area (Å²) in [7, 11) is 0. The van der Waals surface area contributed by atoms with E-state index in [0.29, 0.717) is 36.9 Å². The molecular weight excluding hydrogens is 598 g/mol. The molecule has 2 saturated heterocycles. The number of amides is 4. The largest absolute Gasteiger partial charge is 0.385 e. The van der Waals surface area contributed by atoms with Crippen LogP contribution in [0.2, 0.25) is 0 Å². The molecule has 246 valence electrons. The number of fused-ring (bicyclic) bond motifs is 2. The fraction of sp³-hybridized carbons (Fsp3) is 0.457. The molecule has 3 aliphatic rings. The van der Waals surface area contributed by atoms with Crippen molar-refractivity contribution in [2.45, 2.75) is 69.4 Å². The van der Waals surface area contributed by atoms with Crippen molar-refractivity contribution in [2.24, 2.45) is 5.73 Å². The fourth-order valence-corrected chi connectivity index (χ4v) is 7.04. The van der Waals surface area contributed by atoms with Crippen LogP contribution in [0.5, 0.6) is 0 Å². The van der Waals surface area contributed by atoms with Crippen LogP contribution >= 0.6 is 0 Å². The van der Waals surface area contributed by atoms with Gasteiger partial charge in [-0.05, 0) is 69.0 Å². The Bertz CT molecular complexity index is 1680. The molecule has 3 N–H and O–H groups in total. The van der Waals surface area contributed by atoms with Crippen molar-refractivity contribution in [1.82, 2.24) is 24.7 Å². The van der Waals surface area contributed by atoms with Gasteiger partial charge in [0.1, 0.15) is 12.3 Å². The van der Waals surface area contributed by atoms with Crippen molar-refractivity contribution in [2.75, 3.05) is 38.0 Å². The highest BCUT2D eigenvalue weighted by Gasteiger charge is 2.42. The van der Waals surface area contributed by atoms with Gasteiger partial charge in [-0.2, -0.15) is 0 Å². The molecule has 12 heteroatoms. The number of nitrogens with two attached hydrogens (primary N) is 1. The van der Waals surface area contributed by atoms with E-state index in [2.05, 4.69) is 15.2 Å². The molecule has 3 unspecified atom stereocenters. The van der Waals surface area contributed by atoms with Crippen molar-refractivity contribution < 1.29 is 24.0 Å². The lowest BCUT2D eigenvalue weighted by molar-refractivity contribution is -0.130. The number of carbonyl (C=O) groups excluding carboxylic acids is 5. The van der Waals surface area contributed by atoms with E-state index in [0.717, 1.165) is 79.9 Å². The number of likely N-dealkylation sites (tertiary alicyclic amines) is 2. The second-order valence-corrected chi connectivity index (χ2v) is 12.7. The Balaban J connectivity index is 0.903. The van der Waals surface area contributed by atoms with Crippen LogP contribution < -0.4 is 11.1 Å². The Hall–Kier alpha value is -4.71. The zero-order chi connectivity index (χ0) is 32.9. The number of unbranched alkanes of at least 4 members (excludes halogenated alkanes) is 2. The number of primary amides is 1. The van der Waals surface area contributed by atoms with Crippen molar-refractivity contribution in [3.05, 3.63) is 65.5 Å². The van der Waals surface area contributed by atoms with Gasteiger partial charge in [-0.15, -0.1) is 0 Å². The Morgan fingerprint density at radius 3 is 2.60 bits per heavy atom. The van der Waals surface area contributed by atoms with E-state index in [1.807, 2.05) is 35.4 Å². The van der Waals surface area contributed by atoms with Crippen LogP contribution in [0.3, 0.4) is 0 Å². The maximum atomic E-state index is 13.0. The lowest BCUT2D eigenvalue weighted by atomic mass is 10.1. The van der Waals surface area contributed by atoms with Crippen LogP contribution in [-0.4, -0.2) is 99.4 Å². The average Bonchev–Trinajstić information content (AvgIpc) is 3.82. The number of imide groups is 1. The lowest BCUT2D eigenvalue weighted by Crippen LogP contribution is -2.47. The van der Waals surface area contributed by atoms with E-state index in [1.165, 1.54) is 0 Å². The fourth-order valence-electron chi connectivity index (χ4n) is 7.04. The second kappa shape index (κ2) is 14.4. The number of para-hydroxylation sites is 2. The molecular formula is C35H41N7O5. The highest BCUT2D eigenvalue weighted by atomic mass is 16.2. The minimum absolute atomic E-state index is 0.00211. The maximum absolute atomic E-state index is 13.0. The van der Waals surface area contributed by atoms with Crippen LogP contribution in [0.1, 0.15) is 83.7 Å². The minimum Gasteiger partial charge on any atom is -0.385 e. The third-order valence-electron chi connectivity index (χ3n) is 9.65. The van der Waals surface area contributed by atoms with E-state index in [-0.39, 0.29) is 29.9 Å². The van der Waals surface area contributed by atoms with Crippen LogP contribution in [0.25, 0.3) is 11.0 Å². The van der Waals surface area contributed by atoms with E-state index >= 15 is 0 Å². The van der Waals surface area contributed by atoms with E-state index in [1.54, 1.807) is 18.2 Å². The molecule has 1 aromatic heterocycles. The van der Waals surface area contributed by atoms with E-state index in [9.17, 15) is 24.0 Å². The first kappa shape index (κ1) is 32.2. The number of anilines is 1. The quantitative estimate of drug-likeness (QED) is 0.154. The number of benzene rings is 2. The first-order chi connectivity index (χ1) is 22.8. The summed E-state index contributed by atoms with van der Waals surface area (Å²) in [6.07, 6.45) is 7.66. The van der Waals surface area contributed by atoms with Gasteiger partial charge in [0.05, 0.1) is 27.9 Å². The highest BCUT2D eigenvalue weighted by Crippen LogP contribution is 2.31. The van der Waals surface area contributed by atoms with Crippen molar-refractivity contribution in [3.63, 3.8) is 0 Å². The first-order valence-corrected chi connectivity index (χ1v) is 16.6. The summed E-state index contributed by atoms with van der Waals surface area (Å²) in [5.74, 6) is -1.41. The summed E-state index contributed by atoms with van der Waals surface area (Å²) in [5.41, 5.74) is 9.45.